The van der Waals surface area contributed by atoms with Crippen molar-refractivity contribution in [1.29, 1.82) is 0 Å². The van der Waals surface area contributed by atoms with Crippen LogP contribution in [-0.2, 0) is 17.9 Å². The summed E-state index contributed by atoms with van der Waals surface area (Å²) >= 11 is 0. The number of likely N-dealkylation sites (tertiary alicyclic amines) is 1. The molecule has 0 saturated carbocycles. The predicted molar refractivity (Wildman–Crippen MR) is 97.1 cm³/mol. The van der Waals surface area contributed by atoms with Gasteiger partial charge in [0.15, 0.2) is 11.6 Å². The molecule has 6 heteroatoms. The first-order valence-corrected chi connectivity index (χ1v) is 8.84. The van der Waals surface area contributed by atoms with Gasteiger partial charge in [-0.05, 0) is 37.6 Å². The van der Waals surface area contributed by atoms with E-state index in [-0.39, 0.29) is 23.5 Å². The number of carbonyl (C=O) groups is 1. The van der Waals surface area contributed by atoms with E-state index in [9.17, 15) is 9.18 Å². The molecule has 0 bridgehead atoms. The van der Waals surface area contributed by atoms with E-state index < -0.39 is 0 Å². The van der Waals surface area contributed by atoms with E-state index in [1.807, 2.05) is 24.3 Å². The Morgan fingerprint density at radius 1 is 1.35 bits per heavy atom. The van der Waals surface area contributed by atoms with Crippen LogP contribution in [0, 0.1) is 5.82 Å². The van der Waals surface area contributed by atoms with E-state index in [0.717, 1.165) is 30.8 Å². The third kappa shape index (κ3) is 4.19. The SMILES string of the molecule is COc1cccc(CN2CCC[C@@H]2c2cccc(CNC(C)=O)n2)c1F. The largest absolute Gasteiger partial charge is 0.494 e. The normalized spacial score (nSPS) is 17.3. The lowest BCUT2D eigenvalue weighted by Crippen LogP contribution is -2.25. The Balaban J connectivity index is 1.76. The van der Waals surface area contributed by atoms with Crippen LogP contribution in [0.4, 0.5) is 4.39 Å². The van der Waals surface area contributed by atoms with Crippen molar-refractivity contribution in [3.8, 4) is 5.75 Å². The number of ether oxygens (including phenoxy) is 1. The Morgan fingerprint density at radius 2 is 2.15 bits per heavy atom. The Bertz CT molecular complexity index is 781. The summed E-state index contributed by atoms with van der Waals surface area (Å²) in [7, 11) is 1.48. The van der Waals surface area contributed by atoms with Crippen LogP contribution in [0.25, 0.3) is 0 Å². The number of rotatable bonds is 6. The number of hydrogen-bond acceptors (Lipinski definition) is 4. The second-order valence-electron chi connectivity index (χ2n) is 6.53. The van der Waals surface area contributed by atoms with E-state index in [4.69, 9.17) is 9.72 Å². The second kappa shape index (κ2) is 8.27. The summed E-state index contributed by atoms with van der Waals surface area (Å²) in [6, 6.07) is 11.3. The molecule has 0 aliphatic carbocycles. The summed E-state index contributed by atoms with van der Waals surface area (Å²) in [4.78, 5) is 18.1. The number of nitrogens with one attached hydrogen (secondary N) is 1. The Morgan fingerprint density at radius 3 is 2.92 bits per heavy atom. The van der Waals surface area contributed by atoms with Crippen molar-refractivity contribution in [3.63, 3.8) is 0 Å². The van der Waals surface area contributed by atoms with E-state index in [1.165, 1.54) is 14.0 Å². The minimum Gasteiger partial charge on any atom is -0.494 e. The lowest BCUT2D eigenvalue weighted by Gasteiger charge is -2.25. The highest BCUT2D eigenvalue weighted by atomic mass is 19.1. The number of halogens is 1. The van der Waals surface area contributed by atoms with Crippen molar-refractivity contribution < 1.29 is 13.9 Å². The zero-order valence-corrected chi connectivity index (χ0v) is 15.2. The topological polar surface area (TPSA) is 54.5 Å². The van der Waals surface area contributed by atoms with Gasteiger partial charge in [-0.3, -0.25) is 14.7 Å². The predicted octanol–water partition coefficient (Wildman–Crippen LogP) is 3.20. The molecule has 1 aliphatic rings. The molecule has 5 nitrogen and oxygen atoms in total. The number of nitrogens with zero attached hydrogens (tertiary/aromatic N) is 2. The number of carbonyl (C=O) groups excluding carboxylic acids is 1. The maximum absolute atomic E-state index is 14.5. The second-order valence-corrected chi connectivity index (χ2v) is 6.53. The molecule has 26 heavy (non-hydrogen) atoms. The van der Waals surface area contributed by atoms with Gasteiger partial charge in [0.25, 0.3) is 0 Å². The van der Waals surface area contributed by atoms with Crippen molar-refractivity contribution in [2.24, 2.45) is 0 Å². The molecule has 138 valence electrons. The summed E-state index contributed by atoms with van der Waals surface area (Å²) in [6.07, 6.45) is 2.04. The van der Waals surface area contributed by atoms with Gasteiger partial charge in [-0.25, -0.2) is 4.39 Å². The zero-order chi connectivity index (χ0) is 18.5. The van der Waals surface area contributed by atoms with Crippen LogP contribution in [0.15, 0.2) is 36.4 Å². The standard InChI is InChI=1S/C20H24FN3O2/c1-14(25)22-12-16-7-4-8-17(23-16)18-9-5-11-24(18)13-15-6-3-10-19(26-2)20(15)21/h3-4,6-8,10,18H,5,9,11-13H2,1-2H3,(H,22,25)/t18-/m1/s1. The Labute approximate surface area is 153 Å². The first-order chi connectivity index (χ1) is 12.6. The van der Waals surface area contributed by atoms with Crippen molar-refractivity contribution in [3.05, 3.63) is 59.2 Å². The molecular weight excluding hydrogens is 333 g/mol. The van der Waals surface area contributed by atoms with Gasteiger partial charge in [0.1, 0.15) is 0 Å². The minimum atomic E-state index is -0.298. The number of pyridine rings is 1. The molecule has 1 saturated heterocycles. The average molecular weight is 357 g/mol. The van der Waals surface area contributed by atoms with Crippen LogP contribution in [0.3, 0.4) is 0 Å². The number of aromatic nitrogens is 1. The van der Waals surface area contributed by atoms with Gasteiger partial charge in [-0.15, -0.1) is 0 Å². The third-order valence-electron chi connectivity index (χ3n) is 4.69. The van der Waals surface area contributed by atoms with Crippen molar-refractivity contribution >= 4 is 5.91 Å². The molecule has 0 radical (unpaired) electrons. The molecule has 1 atom stereocenters. The Hall–Kier alpha value is -2.47. The van der Waals surface area contributed by atoms with Crippen LogP contribution >= 0.6 is 0 Å². The summed E-state index contributed by atoms with van der Waals surface area (Å²) in [5.74, 6) is -0.102. The minimum absolute atomic E-state index is 0.0757. The maximum Gasteiger partial charge on any atom is 0.217 e. The first kappa shape index (κ1) is 18.3. The molecule has 1 aliphatic heterocycles. The summed E-state index contributed by atoms with van der Waals surface area (Å²) < 4.78 is 19.6. The van der Waals surface area contributed by atoms with Crippen molar-refractivity contribution in [1.82, 2.24) is 15.2 Å². The number of amides is 1. The highest BCUT2D eigenvalue weighted by molar-refractivity contribution is 5.72. The highest BCUT2D eigenvalue weighted by Crippen LogP contribution is 2.33. The number of benzene rings is 1. The van der Waals surface area contributed by atoms with E-state index >= 15 is 0 Å². The van der Waals surface area contributed by atoms with Gasteiger partial charge < -0.3 is 10.1 Å². The van der Waals surface area contributed by atoms with Gasteiger partial charge in [0.05, 0.1) is 31.1 Å². The fraction of sp³-hybridized carbons (Fsp3) is 0.400. The molecule has 3 rings (SSSR count). The van der Waals surface area contributed by atoms with Crippen molar-refractivity contribution in [2.75, 3.05) is 13.7 Å². The number of hydrogen-bond donors (Lipinski definition) is 1. The van der Waals surface area contributed by atoms with Crippen LogP contribution in [-0.4, -0.2) is 29.4 Å². The Kier molecular flexibility index (Phi) is 5.83. The summed E-state index contributed by atoms with van der Waals surface area (Å²) in [6.45, 7) is 3.33. The molecule has 2 heterocycles. The fourth-order valence-corrected chi connectivity index (χ4v) is 3.40. The summed E-state index contributed by atoms with van der Waals surface area (Å²) in [5.41, 5.74) is 2.43. The molecule has 0 unspecified atom stereocenters. The quantitative estimate of drug-likeness (QED) is 0.863. The van der Waals surface area contributed by atoms with Crippen LogP contribution in [0.2, 0.25) is 0 Å². The van der Waals surface area contributed by atoms with Gasteiger partial charge in [-0.1, -0.05) is 18.2 Å². The molecule has 0 spiro atoms. The van der Waals surface area contributed by atoms with E-state index in [2.05, 4.69) is 10.2 Å². The van der Waals surface area contributed by atoms with Gasteiger partial charge >= 0.3 is 0 Å². The van der Waals surface area contributed by atoms with Crippen LogP contribution in [0.5, 0.6) is 5.75 Å². The number of methoxy groups -OCH3 is 1. The first-order valence-electron chi connectivity index (χ1n) is 8.84. The molecule has 2 aromatic rings. The summed E-state index contributed by atoms with van der Waals surface area (Å²) in [5, 5.41) is 2.77. The smallest absolute Gasteiger partial charge is 0.217 e. The average Bonchev–Trinajstić information content (AvgIpc) is 3.10. The van der Waals surface area contributed by atoms with Crippen LogP contribution in [0.1, 0.15) is 42.8 Å². The molecule has 1 amide bonds. The van der Waals surface area contributed by atoms with Crippen molar-refractivity contribution in [2.45, 2.75) is 38.9 Å². The third-order valence-corrected chi connectivity index (χ3v) is 4.69. The van der Waals surface area contributed by atoms with E-state index in [1.54, 1.807) is 12.1 Å². The van der Waals surface area contributed by atoms with Gasteiger partial charge in [-0.2, -0.15) is 0 Å². The maximum atomic E-state index is 14.5. The lowest BCUT2D eigenvalue weighted by atomic mass is 10.1. The lowest BCUT2D eigenvalue weighted by molar-refractivity contribution is -0.119. The molecule has 1 aromatic carbocycles. The zero-order valence-electron chi connectivity index (χ0n) is 15.2. The molecule has 1 aromatic heterocycles. The molecular formula is C20H24FN3O2. The molecule has 1 N–H and O–H groups in total. The van der Waals surface area contributed by atoms with E-state index in [0.29, 0.717) is 18.7 Å². The van der Waals surface area contributed by atoms with Gasteiger partial charge in [0.2, 0.25) is 5.91 Å². The van der Waals surface area contributed by atoms with Gasteiger partial charge in [0, 0.05) is 19.0 Å². The van der Waals surface area contributed by atoms with Crippen LogP contribution < -0.4 is 10.1 Å². The fourth-order valence-electron chi connectivity index (χ4n) is 3.40. The monoisotopic (exact) mass is 357 g/mol. The molecule has 1 fully saturated rings. The highest BCUT2D eigenvalue weighted by Gasteiger charge is 2.28.